The topological polar surface area (TPSA) is 26.0 Å². The molecular formula is C20H20FN. The summed E-state index contributed by atoms with van der Waals surface area (Å²) in [6.07, 6.45) is 5.55. The molecule has 0 spiro atoms. The van der Waals surface area contributed by atoms with Gasteiger partial charge in [-0.2, -0.15) is 0 Å². The Morgan fingerprint density at radius 1 is 1.05 bits per heavy atom. The molecule has 0 radical (unpaired) electrons. The zero-order valence-corrected chi connectivity index (χ0v) is 12.9. The van der Waals surface area contributed by atoms with Gasteiger partial charge in [-0.25, -0.2) is 4.39 Å². The fourth-order valence-corrected chi connectivity index (χ4v) is 2.86. The van der Waals surface area contributed by atoms with Gasteiger partial charge in [-0.1, -0.05) is 61.5 Å². The molecule has 22 heavy (non-hydrogen) atoms. The van der Waals surface area contributed by atoms with E-state index in [2.05, 4.69) is 0 Å². The van der Waals surface area contributed by atoms with Crippen molar-refractivity contribution in [1.82, 2.24) is 0 Å². The van der Waals surface area contributed by atoms with Crippen LogP contribution in [0.25, 0.3) is 16.8 Å². The van der Waals surface area contributed by atoms with Crippen LogP contribution in [0.4, 0.5) is 4.39 Å². The molecule has 0 saturated heterocycles. The molecule has 0 saturated carbocycles. The molecule has 2 N–H and O–H groups in total. The number of hydrogen-bond acceptors (Lipinski definition) is 1. The maximum atomic E-state index is 15.3. The largest absolute Gasteiger partial charge is 0.398 e. The summed E-state index contributed by atoms with van der Waals surface area (Å²) in [6, 6.07) is 15.9. The van der Waals surface area contributed by atoms with E-state index in [4.69, 9.17) is 5.73 Å². The molecule has 3 rings (SSSR count). The molecule has 0 aromatic heterocycles. The van der Waals surface area contributed by atoms with Gasteiger partial charge in [0.1, 0.15) is 5.67 Å². The Hall–Kier alpha value is -2.35. The van der Waals surface area contributed by atoms with Crippen molar-refractivity contribution >= 4 is 5.70 Å². The number of nitrogens with two attached hydrogens (primary N) is 1. The second-order valence-electron chi connectivity index (χ2n) is 6.00. The van der Waals surface area contributed by atoms with Crippen LogP contribution in [0.1, 0.15) is 25.0 Å². The van der Waals surface area contributed by atoms with Crippen LogP contribution in [-0.4, -0.2) is 0 Å². The third kappa shape index (κ3) is 2.45. The minimum Gasteiger partial charge on any atom is -0.398 e. The number of rotatable bonds is 1. The maximum absolute atomic E-state index is 15.3. The Balaban J connectivity index is 2.20. The molecule has 2 aromatic carbocycles. The fraction of sp³-hybridized carbons (Fsp3) is 0.200. The Morgan fingerprint density at radius 2 is 1.77 bits per heavy atom. The van der Waals surface area contributed by atoms with E-state index >= 15 is 4.39 Å². The van der Waals surface area contributed by atoms with Crippen LogP contribution in [-0.2, 0) is 5.67 Å². The van der Waals surface area contributed by atoms with E-state index in [-0.39, 0.29) is 5.92 Å². The van der Waals surface area contributed by atoms with E-state index in [1.165, 1.54) is 0 Å². The quantitative estimate of drug-likeness (QED) is 0.783. The molecule has 1 aliphatic rings. The van der Waals surface area contributed by atoms with Crippen molar-refractivity contribution in [3.63, 3.8) is 0 Å². The van der Waals surface area contributed by atoms with Gasteiger partial charge in [-0.05, 0) is 35.8 Å². The Labute approximate surface area is 131 Å². The number of alkyl halides is 1. The minimum atomic E-state index is -1.44. The lowest BCUT2D eigenvalue weighted by Crippen LogP contribution is -2.26. The van der Waals surface area contributed by atoms with E-state index in [1.807, 2.05) is 73.7 Å². The van der Waals surface area contributed by atoms with Crippen LogP contribution >= 0.6 is 0 Å². The molecule has 0 fully saturated rings. The number of halogens is 1. The zero-order valence-electron chi connectivity index (χ0n) is 12.9. The Bertz CT molecular complexity index is 742. The lowest BCUT2D eigenvalue weighted by Gasteiger charge is -2.30. The van der Waals surface area contributed by atoms with Gasteiger partial charge in [-0.3, -0.25) is 0 Å². The number of benzene rings is 2. The van der Waals surface area contributed by atoms with Crippen molar-refractivity contribution < 1.29 is 4.39 Å². The average molecular weight is 293 g/mol. The predicted octanol–water partition coefficient (Wildman–Crippen LogP) is 5.04. The first-order valence-corrected chi connectivity index (χ1v) is 7.53. The normalized spacial score (nSPS) is 28.0. The number of allylic oxidation sites excluding steroid dienone is 3. The first-order valence-electron chi connectivity index (χ1n) is 7.53. The molecule has 0 heterocycles. The van der Waals surface area contributed by atoms with Crippen molar-refractivity contribution in [2.45, 2.75) is 19.5 Å². The van der Waals surface area contributed by atoms with E-state index in [1.54, 1.807) is 6.92 Å². The molecule has 112 valence electrons. The molecule has 0 aliphatic heterocycles. The van der Waals surface area contributed by atoms with Crippen LogP contribution < -0.4 is 5.73 Å². The SMILES string of the molecule is CC1/C=C\C=C(/N)c2cc(-c3ccccc3)ccc2C1(C)F. The van der Waals surface area contributed by atoms with E-state index in [9.17, 15) is 0 Å². The third-order valence-electron chi connectivity index (χ3n) is 4.50. The summed E-state index contributed by atoms with van der Waals surface area (Å²) in [6.45, 7) is 3.52. The first kappa shape index (κ1) is 14.6. The summed E-state index contributed by atoms with van der Waals surface area (Å²) < 4.78 is 15.3. The van der Waals surface area contributed by atoms with E-state index in [0.717, 1.165) is 16.7 Å². The molecule has 2 unspecified atom stereocenters. The second kappa shape index (κ2) is 5.45. The van der Waals surface area contributed by atoms with Gasteiger partial charge < -0.3 is 5.73 Å². The van der Waals surface area contributed by atoms with Gasteiger partial charge in [0.2, 0.25) is 0 Å². The molecule has 0 amide bonds. The predicted molar refractivity (Wildman–Crippen MR) is 90.8 cm³/mol. The smallest absolute Gasteiger partial charge is 0.139 e. The van der Waals surface area contributed by atoms with Crippen molar-refractivity contribution in [3.8, 4) is 11.1 Å². The summed E-state index contributed by atoms with van der Waals surface area (Å²) in [7, 11) is 0. The summed E-state index contributed by atoms with van der Waals surface area (Å²) in [4.78, 5) is 0. The lowest BCUT2D eigenvalue weighted by atomic mass is 9.80. The van der Waals surface area contributed by atoms with Gasteiger partial charge in [0.15, 0.2) is 0 Å². The Kier molecular flexibility index (Phi) is 3.61. The molecule has 1 nitrogen and oxygen atoms in total. The zero-order chi connectivity index (χ0) is 15.7. The van der Waals surface area contributed by atoms with Crippen LogP contribution in [0.3, 0.4) is 0 Å². The van der Waals surface area contributed by atoms with Crippen molar-refractivity contribution in [3.05, 3.63) is 77.9 Å². The lowest BCUT2D eigenvalue weighted by molar-refractivity contribution is 0.139. The molecule has 2 heteroatoms. The highest BCUT2D eigenvalue weighted by Crippen LogP contribution is 2.40. The van der Waals surface area contributed by atoms with Gasteiger partial charge >= 0.3 is 0 Å². The van der Waals surface area contributed by atoms with Crippen LogP contribution in [0.5, 0.6) is 0 Å². The third-order valence-corrected chi connectivity index (χ3v) is 4.50. The molecule has 2 aromatic rings. The monoisotopic (exact) mass is 293 g/mol. The van der Waals surface area contributed by atoms with Crippen LogP contribution in [0, 0.1) is 5.92 Å². The Morgan fingerprint density at radius 3 is 2.50 bits per heavy atom. The van der Waals surface area contributed by atoms with E-state index < -0.39 is 5.67 Å². The summed E-state index contributed by atoms with van der Waals surface area (Å²) >= 11 is 0. The van der Waals surface area contributed by atoms with Gasteiger partial charge in [-0.15, -0.1) is 0 Å². The highest BCUT2D eigenvalue weighted by Gasteiger charge is 2.34. The number of hydrogen-bond donors (Lipinski definition) is 1. The van der Waals surface area contributed by atoms with Gasteiger partial charge in [0.05, 0.1) is 0 Å². The van der Waals surface area contributed by atoms with Crippen molar-refractivity contribution in [2.24, 2.45) is 11.7 Å². The average Bonchev–Trinajstić information content (AvgIpc) is 2.54. The molecule has 0 bridgehead atoms. The maximum Gasteiger partial charge on any atom is 0.139 e. The van der Waals surface area contributed by atoms with E-state index in [0.29, 0.717) is 11.3 Å². The van der Waals surface area contributed by atoms with Gasteiger partial charge in [0.25, 0.3) is 0 Å². The van der Waals surface area contributed by atoms with Crippen molar-refractivity contribution in [1.29, 1.82) is 0 Å². The minimum absolute atomic E-state index is 0.210. The van der Waals surface area contributed by atoms with Crippen molar-refractivity contribution in [2.75, 3.05) is 0 Å². The molecule has 1 aliphatic carbocycles. The summed E-state index contributed by atoms with van der Waals surface area (Å²) in [5.74, 6) is -0.210. The van der Waals surface area contributed by atoms with Crippen LogP contribution in [0.15, 0.2) is 66.8 Å². The fourth-order valence-electron chi connectivity index (χ4n) is 2.86. The molecule has 2 atom stereocenters. The first-order chi connectivity index (χ1) is 10.5. The second-order valence-corrected chi connectivity index (χ2v) is 6.00. The number of fused-ring (bicyclic) bond motifs is 1. The highest BCUT2D eigenvalue weighted by molar-refractivity contribution is 5.75. The standard InChI is InChI=1S/C20H20FN/c1-14-7-6-10-19(22)17-13-16(15-8-4-3-5-9-15)11-12-18(17)20(14,2)21/h3-14H,22H2,1-2H3/b7-6-,19-10-. The highest BCUT2D eigenvalue weighted by atomic mass is 19.1. The summed E-state index contributed by atoms with van der Waals surface area (Å²) in [5, 5.41) is 0. The van der Waals surface area contributed by atoms with Gasteiger partial charge in [0, 0.05) is 17.2 Å². The van der Waals surface area contributed by atoms with Crippen LogP contribution in [0.2, 0.25) is 0 Å². The molecular weight excluding hydrogens is 273 g/mol. The summed E-state index contributed by atoms with van der Waals surface area (Å²) in [5.41, 5.74) is 8.90.